The zero-order valence-electron chi connectivity index (χ0n) is 15.5. The van der Waals surface area contributed by atoms with Gasteiger partial charge in [0.2, 0.25) is 0 Å². The molecule has 0 spiro atoms. The molecule has 0 fully saturated rings. The fourth-order valence-electron chi connectivity index (χ4n) is 2.34. The monoisotopic (exact) mass is 408 g/mol. The summed E-state index contributed by atoms with van der Waals surface area (Å²) >= 11 is 11.4. The number of rotatable bonds is 6. The number of halogens is 2. The van der Waals surface area contributed by atoms with Crippen molar-refractivity contribution >= 4 is 34.8 Å². The van der Waals surface area contributed by atoms with Crippen molar-refractivity contribution in [2.45, 2.75) is 20.3 Å². The van der Waals surface area contributed by atoms with Crippen LogP contribution in [0.2, 0.25) is 5.02 Å². The third kappa shape index (κ3) is 6.23. The number of ether oxygens (including phenoxy) is 1. The Morgan fingerprint density at radius 2 is 2.11 bits per heavy atom. The number of hydrogen-bond donors (Lipinski definition) is 1. The van der Waals surface area contributed by atoms with E-state index in [4.69, 9.17) is 34.3 Å². The van der Waals surface area contributed by atoms with Crippen molar-refractivity contribution in [1.29, 1.82) is 0 Å². The number of amidine groups is 1. The maximum atomic E-state index is 13.2. The van der Waals surface area contributed by atoms with E-state index in [1.54, 1.807) is 0 Å². The fourth-order valence-corrected chi connectivity index (χ4v) is 2.76. The smallest absolute Gasteiger partial charge is 0.290 e. The predicted molar refractivity (Wildman–Crippen MR) is 111 cm³/mol. The van der Waals surface area contributed by atoms with E-state index in [0.717, 1.165) is 36.8 Å². The van der Waals surface area contributed by atoms with Gasteiger partial charge in [0.1, 0.15) is 17.4 Å². The van der Waals surface area contributed by atoms with Gasteiger partial charge < -0.3 is 15.4 Å². The van der Waals surface area contributed by atoms with Crippen molar-refractivity contribution in [3.8, 4) is 5.75 Å². The lowest BCUT2D eigenvalue weighted by Crippen LogP contribution is -2.20. The lowest BCUT2D eigenvalue weighted by Gasteiger charge is -2.16. The third-order valence-corrected chi connectivity index (χ3v) is 4.57. The van der Waals surface area contributed by atoms with Crippen molar-refractivity contribution < 1.29 is 9.13 Å². The molecule has 2 rings (SSSR count). The molecule has 2 aromatic rings. The zero-order chi connectivity index (χ0) is 20.0. The summed E-state index contributed by atoms with van der Waals surface area (Å²) in [7, 11) is 2.07. The normalized spacial score (nSPS) is 11.7. The summed E-state index contributed by atoms with van der Waals surface area (Å²) in [6.45, 7) is 6.03. The molecular weight excluding hydrogens is 387 g/mol. The number of nitrogens with two attached hydrogens (primary N) is 1. The average molecular weight is 409 g/mol. The summed E-state index contributed by atoms with van der Waals surface area (Å²) < 4.78 is 18.8. The van der Waals surface area contributed by atoms with E-state index < -0.39 is 5.82 Å². The molecular formula is C19H22ClFN4OS. The molecule has 144 valence electrons. The van der Waals surface area contributed by atoms with Crippen molar-refractivity contribution in [3.05, 3.63) is 58.1 Å². The van der Waals surface area contributed by atoms with E-state index in [9.17, 15) is 4.39 Å². The first-order valence-electron chi connectivity index (χ1n) is 8.44. The molecule has 0 radical (unpaired) electrons. The van der Waals surface area contributed by atoms with Crippen molar-refractivity contribution in [1.82, 2.24) is 9.88 Å². The molecule has 27 heavy (non-hydrogen) atoms. The maximum Gasteiger partial charge on any atom is 0.290 e. The van der Waals surface area contributed by atoms with Crippen LogP contribution in [0, 0.1) is 12.7 Å². The second kappa shape index (κ2) is 9.73. The van der Waals surface area contributed by atoms with Gasteiger partial charge in [-0.1, -0.05) is 18.5 Å². The Labute approximate surface area is 169 Å². The van der Waals surface area contributed by atoms with E-state index in [1.807, 2.05) is 19.1 Å². The number of aromatic nitrogens is 1. The molecule has 0 unspecified atom stereocenters. The van der Waals surface area contributed by atoms with E-state index in [-0.39, 0.29) is 11.0 Å². The van der Waals surface area contributed by atoms with Gasteiger partial charge in [0, 0.05) is 18.3 Å². The molecule has 0 bridgehead atoms. The third-order valence-electron chi connectivity index (χ3n) is 4.10. The second-order valence-corrected chi connectivity index (χ2v) is 6.87. The van der Waals surface area contributed by atoms with Crippen LogP contribution in [0.3, 0.4) is 0 Å². The summed E-state index contributed by atoms with van der Waals surface area (Å²) in [6, 6.07) is 4.92. The largest absolute Gasteiger partial charge is 0.429 e. The van der Waals surface area contributed by atoms with Crippen molar-refractivity contribution in [2.24, 2.45) is 10.7 Å². The molecule has 1 aromatic carbocycles. The van der Waals surface area contributed by atoms with Crippen LogP contribution in [0.15, 0.2) is 35.6 Å². The fraction of sp³-hybridized carbons (Fsp3) is 0.316. The maximum absolute atomic E-state index is 13.2. The molecule has 8 heteroatoms. The summed E-state index contributed by atoms with van der Waals surface area (Å²) in [5.41, 5.74) is 8.34. The van der Waals surface area contributed by atoms with Gasteiger partial charge in [0.15, 0.2) is 0 Å². The number of thiocarbonyl (C=S) groups is 1. The Morgan fingerprint density at radius 3 is 2.78 bits per heavy atom. The molecule has 2 N–H and O–H groups in total. The Kier molecular flexibility index (Phi) is 7.65. The molecule has 0 saturated heterocycles. The van der Waals surface area contributed by atoms with E-state index in [1.165, 1.54) is 12.3 Å². The first kappa shape index (κ1) is 21.2. The van der Waals surface area contributed by atoms with Gasteiger partial charge in [-0.15, -0.1) is 0 Å². The summed E-state index contributed by atoms with van der Waals surface area (Å²) in [6.07, 6.45) is 3.36. The number of benzene rings is 1. The van der Waals surface area contributed by atoms with Crippen LogP contribution in [-0.4, -0.2) is 41.0 Å². The average Bonchev–Trinajstić information content (AvgIpc) is 2.62. The second-order valence-electron chi connectivity index (χ2n) is 6.11. The SMILES string of the molecule is CCN(C)CCc1cc(Cl)c(OC(=S)N=C(N)c2cncc(F)c2)cc1C. The first-order valence-corrected chi connectivity index (χ1v) is 9.23. The molecule has 0 amide bonds. The molecule has 0 aliphatic heterocycles. The van der Waals surface area contributed by atoms with Gasteiger partial charge in [0.25, 0.3) is 5.17 Å². The van der Waals surface area contributed by atoms with Gasteiger partial charge in [-0.3, -0.25) is 4.98 Å². The lowest BCUT2D eigenvalue weighted by molar-refractivity contribution is 0.357. The highest BCUT2D eigenvalue weighted by Crippen LogP contribution is 2.29. The number of likely N-dealkylation sites (N-methyl/N-ethyl adjacent to an activating group) is 1. The molecule has 0 saturated carbocycles. The van der Waals surface area contributed by atoms with E-state index in [0.29, 0.717) is 16.3 Å². The highest BCUT2D eigenvalue weighted by Gasteiger charge is 2.11. The number of pyridine rings is 1. The summed E-state index contributed by atoms with van der Waals surface area (Å²) in [5.74, 6) is -0.0970. The number of aryl methyl sites for hydroxylation is 1. The van der Waals surface area contributed by atoms with Crippen LogP contribution in [0.25, 0.3) is 0 Å². The quantitative estimate of drug-likeness (QED) is 0.448. The van der Waals surface area contributed by atoms with Crippen LogP contribution in [0.5, 0.6) is 5.75 Å². The molecule has 0 aliphatic rings. The Hall–Kier alpha value is -2.09. The van der Waals surface area contributed by atoms with Gasteiger partial charge in [-0.2, -0.15) is 4.99 Å². The topological polar surface area (TPSA) is 63.7 Å². The Bertz CT molecular complexity index is 860. The Balaban J connectivity index is 2.11. The minimum absolute atomic E-state index is 0.0130. The highest BCUT2D eigenvalue weighted by molar-refractivity contribution is 7.80. The van der Waals surface area contributed by atoms with Crippen LogP contribution >= 0.6 is 23.8 Å². The molecule has 0 atom stereocenters. The predicted octanol–water partition coefficient (Wildman–Crippen LogP) is 3.75. The van der Waals surface area contributed by atoms with Crippen LogP contribution < -0.4 is 10.5 Å². The van der Waals surface area contributed by atoms with Gasteiger partial charge in [-0.05, 0) is 68.5 Å². The van der Waals surface area contributed by atoms with Crippen LogP contribution in [0.1, 0.15) is 23.6 Å². The van der Waals surface area contributed by atoms with E-state index >= 15 is 0 Å². The Morgan fingerprint density at radius 1 is 1.37 bits per heavy atom. The molecule has 5 nitrogen and oxygen atoms in total. The minimum atomic E-state index is -0.513. The van der Waals surface area contributed by atoms with E-state index in [2.05, 4.69) is 28.8 Å². The number of aliphatic imine (C=N–C) groups is 1. The number of hydrogen-bond acceptors (Lipinski definition) is 4. The summed E-state index contributed by atoms with van der Waals surface area (Å²) in [4.78, 5) is 9.93. The van der Waals surface area contributed by atoms with Gasteiger partial charge in [-0.25, -0.2) is 4.39 Å². The number of nitrogens with zero attached hydrogens (tertiary/aromatic N) is 3. The first-order chi connectivity index (χ1) is 12.8. The van der Waals surface area contributed by atoms with Crippen LogP contribution in [-0.2, 0) is 6.42 Å². The standard InChI is InChI=1S/C19H22ClFN4OS/c1-4-25(3)6-5-13-9-16(20)17(7-12(13)2)26-19(27)24-18(22)14-8-15(21)11-23-10-14/h7-11H,4-6H2,1-3H3,(H2,22,24,27). The highest BCUT2D eigenvalue weighted by atomic mass is 35.5. The molecule has 1 aromatic heterocycles. The summed E-state index contributed by atoms with van der Waals surface area (Å²) in [5, 5.41) is 0.329. The molecule has 1 heterocycles. The van der Waals surface area contributed by atoms with Crippen molar-refractivity contribution in [2.75, 3.05) is 20.1 Å². The lowest BCUT2D eigenvalue weighted by atomic mass is 10.1. The van der Waals surface area contributed by atoms with Gasteiger partial charge in [0.05, 0.1) is 11.2 Å². The van der Waals surface area contributed by atoms with Crippen molar-refractivity contribution in [3.63, 3.8) is 0 Å². The van der Waals surface area contributed by atoms with Crippen LogP contribution in [0.4, 0.5) is 4.39 Å². The molecule has 0 aliphatic carbocycles. The minimum Gasteiger partial charge on any atom is -0.429 e. The van der Waals surface area contributed by atoms with Gasteiger partial charge >= 0.3 is 0 Å². The zero-order valence-corrected chi connectivity index (χ0v) is 17.1.